The molecule has 0 aliphatic carbocycles. The van der Waals surface area contributed by atoms with Gasteiger partial charge in [-0.15, -0.1) is 0 Å². The van der Waals surface area contributed by atoms with E-state index in [1.807, 2.05) is 0 Å². The van der Waals surface area contributed by atoms with E-state index in [4.69, 9.17) is 15.2 Å². The van der Waals surface area contributed by atoms with Gasteiger partial charge in [-0.3, -0.25) is 0 Å². The molecule has 7 heteroatoms. The Morgan fingerprint density at radius 3 is 2.42 bits per heavy atom. The first-order valence-corrected chi connectivity index (χ1v) is 7.44. The van der Waals surface area contributed by atoms with Crippen LogP contribution in [0.15, 0.2) is 29.2 Å². The lowest BCUT2D eigenvalue weighted by molar-refractivity contribution is 0.0736. The molecule has 0 bridgehead atoms. The maximum absolute atomic E-state index is 11.9. The molecule has 19 heavy (non-hydrogen) atoms. The van der Waals surface area contributed by atoms with Crippen LogP contribution < -0.4 is 10.5 Å². The summed E-state index contributed by atoms with van der Waals surface area (Å²) in [6.07, 6.45) is 0. The van der Waals surface area contributed by atoms with Crippen molar-refractivity contribution in [3.63, 3.8) is 0 Å². The second-order valence-electron chi connectivity index (χ2n) is 3.85. The largest absolute Gasteiger partial charge is 0.382 e. The number of rotatable bonds is 9. The molecule has 0 fully saturated rings. The summed E-state index contributed by atoms with van der Waals surface area (Å²) in [7, 11) is -1.90. The predicted octanol–water partition coefficient (Wildman–Crippen LogP) is 0.0866. The average Bonchev–Trinajstić information content (AvgIpc) is 2.43. The molecule has 0 radical (unpaired) electrons. The Morgan fingerprint density at radius 2 is 1.84 bits per heavy atom. The number of sulfonamides is 1. The lowest BCUT2D eigenvalue weighted by atomic mass is 10.2. The van der Waals surface area contributed by atoms with Crippen molar-refractivity contribution in [3.8, 4) is 0 Å². The van der Waals surface area contributed by atoms with E-state index in [0.717, 1.165) is 5.56 Å². The molecule has 1 aromatic rings. The van der Waals surface area contributed by atoms with E-state index in [1.165, 1.54) is 12.1 Å². The van der Waals surface area contributed by atoms with Gasteiger partial charge in [-0.05, 0) is 17.7 Å². The van der Waals surface area contributed by atoms with Crippen LogP contribution in [0.4, 0.5) is 0 Å². The van der Waals surface area contributed by atoms with Gasteiger partial charge >= 0.3 is 0 Å². The molecule has 0 unspecified atom stereocenters. The number of hydrogen-bond donors (Lipinski definition) is 2. The van der Waals surface area contributed by atoms with Crippen LogP contribution >= 0.6 is 0 Å². The van der Waals surface area contributed by atoms with Crippen LogP contribution in [0.1, 0.15) is 5.56 Å². The van der Waals surface area contributed by atoms with E-state index in [2.05, 4.69) is 4.72 Å². The Kier molecular flexibility index (Phi) is 6.96. The average molecular weight is 288 g/mol. The highest BCUT2D eigenvalue weighted by molar-refractivity contribution is 7.89. The molecule has 0 heterocycles. The van der Waals surface area contributed by atoms with Crippen LogP contribution in [0.2, 0.25) is 0 Å². The van der Waals surface area contributed by atoms with Gasteiger partial charge in [-0.1, -0.05) is 12.1 Å². The van der Waals surface area contributed by atoms with Gasteiger partial charge in [-0.25, -0.2) is 13.1 Å². The molecular formula is C12H20N2O4S. The van der Waals surface area contributed by atoms with Gasteiger partial charge in [0.05, 0.1) is 24.7 Å². The Hall–Kier alpha value is -0.990. The van der Waals surface area contributed by atoms with Gasteiger partial charge in [0.2, 0.25) is 10.0 Å². The Labute approximate surface area is 113 Å². The zero-order chi connectivity index (χ0) is 14.1. The molecule has 0 aromatic heterocycles. The van der Waals surface area contributed by atoms with Gasteiger partial charge < -0.3 is 15.2 Å². The van der Waals surface area contributed by atoms with Crippen molar-refractivity contribution in [3.05, 3.63) is 29.8 Å². The summed E-state index contributed by atoms with van der Waals surface area (Å²) in [4.78, 5) is 0.224. The number of nitrogens with two attached hydrogens (primary N) is 1. The fraction of sp³-hybridized carbons (Fsp3) is 0.500. The second-order valence-corrected chi connectivity index (χ2v) is 5.62. The lowest BCUT2D eigenvalue weighted by Gasteiger charge is -2.08. The van der Waals surface area contributed by atoms with Gasteiger partial charge in [0, 0.05) is 20.2 Å². The van der Waals surface area contributed by atoms with E-state index in [0.29, 0.717) is 26.4 Å². The third-order valence-electron chi connectivity index (χ3n) is 2.44. The van der Waals surface area contributed by atoms with Gasteiger partial charge in [0.25, 0.3) is 0 Å². The Bertz CT molecular complexity index is 459. The summed E-state index contributed by atoms with van der Waals surface area (Å²) >= 11 is 0. The van der Waals surface area contributed by atoms with Crippen molar-refractivity contribution in [1.82, 2.24) is 4.72 Å². The van der Waals surface area contributed by atoms with Crippen molar-refractivity contribution in [1.29, 1.82) is 0 Å². The quantitative estimate of drug-likeness (QED) is 0.628. The summed E-state index contributed by atoms with van der Waals surface area (Å²) in [5.74, 6) is 0. The van der Waals surface area contributed by atoms with Crippen LogP contribution in [0.3, 0.4) is 0 Å². The number of ether oxygens (including phenoxy) is 2. The standard InChI is InChI=1S/C12H20N2O4S/c1-17-8-9-18-7-6-14-19(15,16)12-4-2-11(10-13)3-5-12/h2-5,14H,6-10,13H2,1H3. The Balaban J connectivity index is 2.42. The number of hydrogen-bond acceptors (Lipinski definition) is 5. The third kappa shape index (κ3) is 5.66. The molecule has 0 spiro atoms. The summed E-state index contributed by atoms with van der Waals surface area (Å²) in [6, 6.07) is 6.47. The molecule has 0 saturated heterocycles. The lowest BCUT2D eigenvalue weighted by Crippen LogP contribution is -2.27. The normalized spacial score (nSPS) is 11.7. The zero-order valence-corrected chi connectivity index (χ0v) is 11.8. The fourth-order valence-corrected chi connectivity index (χ4v) is 2.39. The number of nitrogens with one attached hydrogen (secondary N) is 1. The monoisotopic (exact) mass is 288 g/mol. The van der Waals surface area contributed by atoms with Gasteiger partial charge in [0.15, 0.2) is 0 Å². The first-order valence-electron chi connectivity index (χ1n) is 5.95. The molecule has 0 saturated carbocycles. The highest BCUT2D eigenvalue weighted by Crippen LogP contribution is 2.09. The molecular weight excluding hydrogens is 268 g/mol. The molecule has 1 rings (SSSR count). The Morgan fingerprint density at radius 1 is 1.16 bits per heavy atom. The maximum Gasteiger partial charge on any atom is 0.240 e. The van der Waals surface area contributed by atoms with E-state index >= 15 is 0 Å². The first kappa shape index (κ1) is 16.1. The number of methoxy groups -OCH3 is 1. The minimum absolute atomic E-state index is 0.224. The van der Waals surface area contributed by atoms with Crippen LogP contribution in [0.25, 0.3) is 0 Å². The van der Waals surface area contributed by atoms with Crippen molar-refractivity contribution >= 4 is 10.0 Å². The third-order valence-corrected chi connectivity index (χ3v) is 3.92. The molecule has 108 valence electrons. The number of benzene rings is 1. The van der Waals surface area contributed by atoms with Crippen molar-refractivity contribution in [2.24, 2.45) is 5.73 Å². The molecule has 0 atom stereocenters. The van der Waals surface area contributed by atoms with Gasteiger partial charge in [0.1, 0.15) is 0 Å². The molecule has 0 amide bonds. The van der Waals surface area contributed by atoms with Crippen LogP contribution in [0, 0.1) is 0 Å². The van der Waals surface area contributed by atoms with Crippen molar-refractivity contribution in [2.45, 2.75) is 11.4 Å². The summed E-state index contributed by atoms with van der Waals surface area (Å²) in [6.45, 7) is 1.87. The van der Waals surface area contributed by atoms with Crippen LogP contribution in [-0.4, -0.2) is 41.9 Å². The van der Waals surface area contributed by atoms with Crippen LogP contribution in [0.5, 0.6) is 0 Å². The van der Waals surface area contributed by atoms with Crippen molar-refractivity contribution in [2.75, 3.05) is 33.5 Å². The van der Waals surface area contributed by atoms with E-state index in [1.54, 1.807) is 19.2 Å². The van der Waals surface area contributed by atoms with Crippen molar-refractivity contribution < 1.29 is 17.9 Å². The zero-order valence-electron chi connectivity index (χ0n) is 11.0. The first-order chi connectivity index (χ1) is 9.10. The highest BCUT2D eigenvalue weighted by Gasteiger charge is 2.12. The summed E-state index contributed by atoms with van der Waals surface area (Å²) < 4.78 is 36.2. The van der Waals surface area contributed by atoms with Crippen LogP contribution in [-0.2, 0) is 26.0 Å². The maximum atomic E-state index is 11.9. The fourth-order valence-electron chi connectivity index (χ4n) is 1.38. The van der Waals surface area contributed by atoms with E-state index in [9.17, 15) is 8.42 Å². The van der Waals surface area contributed by atoms with E-state index < -0.39 is 10.0 Å². The SMILES string of the molecule is COCCOCCNS(=O)(=O)c1ccc(CN)cc1. The molecule has 3 N–H and O–H groups in total. The molecule has 0 aliphatic heterocycles. The topological polar surface area (TPSA) is 90.6 Å². The van der Waals surface area contributed by atoms with E-state index in [-0.39, 0.29) is 11.4 Å². The molecule has 0 aliphatic rings. The smallest absolute Gasteiger partial charge is 0.240 e. The molecule has 6 nitrogen and oxygen atoms in total. The molecule has 1 aromatic carbocycles. The minimum Gasteiger partial charge on any atom is -0.382 e. The predicted molar refractivity (Wildman–Crippen MR) is 72.2 cm³/mol. The van der Waals surface area contributed by atoms with Gasteiger partial charge in [-0.2, -0.15) is 0 Å². The summed E-state index contributed by atoms with van der Waals surface area (Å²) in [5.41, 5.74) is 6.35. The second kappa shape index (κ2) is 8.23. The highest BCUT2D eigenvalue weighted by atomic mass is 32.2. The summed E-state index contributed by atoms with van der Waals surface area (Å²) in [5, 5.41) is 0. The minimum atomic E-state index is -3.48.